The molecule has 17 heavy (non-hydrogen) atoms. The summed E-state index contributed by atoms with van der Waals surface area (Å²) < 4.78 is 0. The van der Waals surface area contributed by atoms with Gasteiger partial charge in [0.2, 0.25) is 0 Å². The molecule has 0 aromatic carbocycles. The molecule has 1 atom stereocenters. The van der Waals surface area contributed by atoms with Gasteiger partial charge in [-0.2, -0.15) is 0 Å². The largest absolute Gasteiger partial charge is 0.480 e. The highest BCUT2D eigenvalue weighted by atomic mass is 16.4. The summed E-state index contributed by atoms with van der Waals surface area (Å²) in [5, 5.41) is 15.9. The minimum atomic E-state index is -0.844. The van der Waals surface area contributed by atoms with Crippen LogP contribution in [0, 0.1) is 0 Å². The average molecular weight is 241 g/mol. The molecular weight excluding hydrogens is 222 g/mol. The Morgan fingerprint density at radius 1 is 1.71 bits per heavy atom. The van der Waals surface area contributed by atoms with E-state index in [1.54, 1.807) is 0 Å². The van der Waals surface area contributed by atoms with E-state index in [-0.39, 0.29) is 0 Å². The summed E-state index contributed by atoms with van der Waals surface area (Å²) in [4.78, 5) is 16.1. The van der Waals surface area contributed by atoms with E-state index in [0.717, 1.165) is 13.0 Å². The summed E-state index contributed by atoms with van der Waals surface area (Å²) in [6.45, 7) is 2.41. The number of carboxylic acid groups (broad SMARTS) is 1. The number of likely N-dealkylation sites (tertiary alicyclic amines) is 1. The van der Waals surface area contributed by atoms with E-state index in [1.807, 2.05) is 11.9 Å². The summed E-state index contributed by atoms with van der Waals surface area (Å²) in [5.41, 5.74) is 7.28. The molecule has 0 aliphatic carbocycles. The average Bonchev–Trinajstić information content (AvgIpc) is 2.28. The number of nitrogens with zero attached hydrogens (tertiary/aromatic N) is 4. The maximum absolute atomic E-state index is 11.4. The molecule has 0 aromatic rings. The zero-order chi connectivity index (χ0) is 12.7. The Labute approximate surface area is 100 Å². The predicted octanol–water partition coefficient (Wildman–Crippen LogP) is 0.825. The topological polar surface area (TPSA) is 101 Å². The van der Waals surface area contributed by atoms with Gasteiger partial charge in [0.05, 0.1) is 0 Å². The van der Waals surface area contributed by atoms with Crippen molar-refractivity contribution in [2.45, 2.75) is 24.8 Å². The molecule has 96 valence electrons. The van der Waals surface area contributed by atoms with Gasteiger partial charge in [-0.15, -0.1) is 0 Å². The standard InChI is InChI=1S/C10H19N5O2/c1-15-7-2-4-10(8-15,9(16)17)12-5-3-6-13-14-11/h12H,2-8H2,1H3,(H,16,17). The number of piperidine rings is 1. The first-order chi connectivity index (χ1) is 8.10. The molecule has 7 heteroatoms. The summed E-state index contributed by atoms with van der Waals surface area (Å²) >= 11 is 0. The number of hydrogen-bond acceptors (Lipinski definition) is 4. The normalized spacial score (nSPS) is 25.2. The zero-order valence-electron chi connectivity index (χ0n) is 10.1. The van der Waals surface area contributed by atoms with Gasteiger partial charge in [0.25, 0.3) is 0 Å². The fraction of sp³-hybridized carbons (Fsp3) is 0.900. The van der Waals surface area contributed by atoms with Crippen LogP contribution in [0.2, 0.25) is 0 Å². The van der Waals surface area contributed by atoms with Crippen LogP contribution in [0.25, 0.3) is 10.4 Å². The second-order valence-corrected chi connectivity index (χ2v) is 4.46. The van der Waals surface area contributed by atoms with Crippen molar-refractivity contribution < 1.29 is 9.90 Å². The lowest BCUT2D eigenvalue weighted by molar-refractivity contribution is -0.147. The molecule has 1 aliphatic rings. The van der Waals surface area contributed by atoms with Crippen molar-refractivity contribution >= 4 is 5.97 Å². The predicted molar refractivity (Wildman–Crippen MR) is 63.7 cm³/mol. The van der Waals surface area contributed by atoms with Crippen molar-refractivity contribution in [2.24, 2.45) is 5.11 Å². The number of carbonyl (C=O) groups is 1. The smallest absolute Gasteiger partial charge is 0.325 e. The van der Waals surface area contributed by atoms with Gasteiger partial charge < -0.3 is 15.3 Å². The number of likely N-dealkylation sites (N-methyl/N-ethyl adjacent to an activating group) is 1. The number of nitrogens with one attached hydrogen (secondary N) is 1. The Kier molecular flexibility index (Phi) is 5.21. The third-order valence-corrected chi connectivity index (χ3v) is 3.05. The second-order valence-electron chi connectivity index (χ2n) is 4.46. The molecule has 2 N–H and O–H groups in total. The molecule has 1 fully saturated rings. The zero-order valence-corrected chi connectivity index (χ0v) is 10.1. The van der Waals surface area contributed by atoms with Gasteiger partial charge in [0.1, 0.15) is 5.54 Å². The van der Waals surface area contributed by atoms with Crippen molar-refractivity contribution in [3.8, 4) is 0 Å². The summed E-state index contributed by atoms with van der Waals surface area (Å²) in [7, 11) is 1.93. The quantitative estimate of drug-likeness (QED) is 0.311. The summed E-state index contributed by atoms with van der Waals surface area (Å²) in [6.07, 6.45) is 2.18. The maximum Gasteiger partial charge on any atom is 0.325 e. The van der Waals surface area contributed by atoms with Crippen LogP contribution in [0.1, 0.15) is 19.3 Å². The third-order valence-electron chi connectivity index (χ3n) is 3.05. The van der Waals surface area contributed by atoms with Crippen LogP contribution in [0.3, 0.4) is 0 Å². The highest BCUT2D eigenvalue weighted by molar-refractivity contribution is 5.79. The molecule has 0 saturated carbocycles. The molecule has 0 radical (unpaired) electrons. The first-order valence-electron chi connectivity index (χ1n) is 5.78. The van der Waals surface area contributed by atoms with Crippen molar-refractivity contribution in [3.63, 3.8) is 0 Å². The Morgan fingerprint density at radius 2 is 2.47 bits per heavy atom. The fourth-order valence-electron chi connectivity index (χ4n) is 2.19. The van der Waals surface area contributed by atoms with Crippen molar-refractivity contribution in [1.29, 1.82) is 0 Å². The van der Waals surface area contributed by atoms with Crippen LogP contribution in [-0.4, -0.2) is 54.7 Å². The Morgan fingerprint density at radius 3 is 3.06 bits per heavy atom. The third kappa shape index (κ3) is 3.89. The van der Waals surface area contributed by atoms with Crippen LogP contribution in [-0.2, 0) is 4.79 Å². The van der Waals surface area contributed by atoms with Crippen LogP contribution in [0.5, 0.6) is 0 Å². The molecule has 0 spiro atoms. The van der Waals surface area contributed by atoms with E-state index in [0.29, 0.717) is 32.5 Å². The number of aliphatic carboxylic acids is 1. The SMILES string of the molecule is CN1CCCC(NCCCN=[N+]=[N-])(C(=O)O)C1. The monoisotopic (exact) mass is 241 g/mol. The minimum Gasteiger partial charge on any atom is -0.480 e. The molecule has 1 unspecified atom stereocenters. The molecule has 0 bridgehead atoms. The van der Waals surface area contributed by atoms with Crippen LogP contribution >= 0.6 is 0 Å². The number of hydrogen-bond donors (Lipinski definition) is 2. The van der Waals surface area contributed by atoms with Crippen molar-refractivity contribution in [3.05, 3.63) is 10.4 Å². The highest BCUT2D eigenvalue weighted by Crippen LogP contribution is 2.20. The fourth-order valence-corrected chi connectivity index (χ4v) is 2.19. The van der Waals surface area contributed by atoms with E-state index in [4.69, 9.17) is 5.53 Å². The van der Waals surface area contributed by atoms with E-state index >= 15 is 0 Å². The number of carboxylic acids is 1. The van der Waals surface area contributed by atoms with Gasteiger partial charge in [-0.05, 0) is 44.9 Å². The Bertz CT molecular complexity index is 316. The summed E-state index contributed by atoms with van der Waals surface area (Å²) in [5.74, 6) is -0.798. The van der Waals surface area contributed by atoms with Crippen LogP contribution < -0.4 is 5.32 Å². The van der Waals surface area contributed by atoms with Crippen LogP contribution in [0.15, 0.2) is 5.11 Å². The molecule has 0 aromatic heterocycles. The first-order valence-corrected chi connectivity index (χ1v) is 5.78. The Balaban J connectivity index is 2.47. The second kappa shape index (κ2) is 6.44. The van der Waals surface area contributed by atoms with E-state index in [2.05, 4.69) is 15.3 Å². The maximum atomic E-state index is 11.4. The first kappa shape index (κ1) is 13.8. The van der Waals surface area contributed by atoms with Gasteiger partial charge in [-0.1, -0.05) is 5.11 Å². The Hall–Kier alpha value is -1.30. The molecule has 1 rings (SSSR count). The van der Waals surface area contributed by atoms with Gasteiger partial charge >= 0.3 is 5.97 Å². The molecular formula is C10H19N5O2. The van der Waals surface area contributed by atoms with E-state index in [1.165, 1.54) is 0 Å². The van der Waals surface area contributed by atoms with E-state index < -0.39 is 11.5 Å². The van der Waals surface area contributed by atoms with Crippen molar-refractivity contribution in [2.75, 3.05) is 33.2 Å². The lowest BCUT2D eigenvalue weighted by Crippen LogP contribution is -2.61. The number of azide groups is 1. The van der Waals surface area contributed by atoms with Crippen LogP contribution in [0.4, 0.5) is 0 Å². The lowest BCUT2D eigenvalue weighted by atomic mass is 9.89. The number of rotatable bonds is 6. The van der Waals surface area contributed by atoms with Gasteiger partial charge in [-0.3, -0.25) is 4.79 Å². The van der Waals surface area contributed by atoms with Gasteiger partial charge in [0, 0.05) is 18.0 Å². The molecule has 1 saturated heterocycles. The van der Waals surface area contributed by atoms with Gasteiger partial charge in [-0.25, -0.2) is 0 Å². The van der Waals surface area contributed by atoms with Gasteiger partial charge in [0.15, 0.2) is 0 Å². The lowest BCUT2D eigenvalue weighted by Gasteiger charge is -2.38. The van der Waals surface area contributed by atoms with Crippen molar-refractivity contribution in [1.82, 2.24) is 10.2 Å². The summed E-state index contributed by atoms with van der Waals surface area (Å²) in [6, 6.07) is 0. The highest BCUT2D eigenvalue weighted by Gasteiger charge is 2.40. The molecule has 0 amide bonds. The van der Waals surface area contributed by atoms with E-state index in [9.17, 15) is 9.90 Å². The molecule has 1 aliphatic heterocycles. The minimum absolute atomic E-state index is 0.398. The molecule has 7 nitrogen and oxygen atoms in total. The molecule has 1 heterocycles.